The molecule has 1 aromatic carbocycles. The summed E-state index contributed by atoms with van der Waals surface area (Å²) >= 11 is 0. The molecule has 0 aliphatic carbocycles. The number of primary sulfonamides is 1. The van der Waals surface area contributed by atoms with Crippen molar-refractivity contribution in [2.75, 3.05) is 0 Å². The van der Waals surface area contributed by atoms with Gasteiger partial charge >= 0.3 is 0 Å². The Labute approximate surface area is 81.2 Å². The van der Waals surface area contributed by atoms with Crippen LogP contribution in [0.1, 0.15) is 0 Å². The Morgan fingerprint density at radius 1 is 1.36 bits per heavy atom. The minimum absolute atomic E-state index is 0.0735. The minimum atomic E-state index is -3.74. The second kappa shape index (κ2) is 2.79. The molecule has 6 heteroatoms. The Kier molecular flexibility index (Phi) is 1.83. The molecule has 0 aliphatic rings. The molecule has 1 aromatic heterocycles. The number of nitrogens with zero attached hydrogens (tertiary/aromatic N) is 2. The van der Waals surface area contributed by atoms with E-state index in [9.17, 15) is 8.42 Å². The highest BCUT2D eigenvalue weighted by molar-refractivity contribution is 7.89. The summed E-state index contributed by atoms with van der Waals surface area (Å²) in [4.78, 5) is 0. The van der Waals surface area contributed by atoms with Crippen LogP contribution in [-0.2, 0) is 17.1 Å². The third-order valence-corrected chi connectivity index (χ3v) is 2.83. The van der Waals surface area contributed by atoms with Crippen molar-refractivity contribution in [3.05, 3.63) is 24.3 Å². The predicted molar refractivity (Wildman–Crippen MR) is 52.1 cm³/mol. The van der Waals surface area contributed by atoms with Gasteiger partial charge in [-0.1, -0.05) is 12.1 Å². The Balaban J connectivity index is 2.93. The fourth-order valence-electron chi connectivity index (χ4n) is 1.39. The molecule has 0 bridgehead atoms. The summed E-state index contributed by atoms with van der Waals surface area (Å²) in [6.07, 6.45) is 0. The average Bonchev–Trinajstić information content (AvgIpc) is 2.44. The number of benzene rings is 1. The maximum absolute atomic E-state index is 11.2. The summed E-state index contributed by atoms with van der Waals surface area (Å²) in [5.41, 5.74) is 0.747. The van der Waals surface area contributed by atoms with Gasteiger partial charge in [0.1, 0.15) is 0 Å². The lowest BCUT2D eigenvalue weighted by atomic mass is 10.3. The van der Waals surface area contributed by atoms with Gasteiger partial charge in [-0.15, -0.1) is 0 Å². The van der Waals surface area contributed by atoms with Gasteiger partial charge in [-0.2, -0.15) is 5.10 Å². The van der Waals surface area contributed by atoms with E-state index in [-0.39, 0.29) is 5.03 Å². The Bertz CT molecular complexity index is 586. The molecule has 2 aromatic rings. The van der Waals surface area contributed by atoms with Crippen LogP contribution in [0.25, 0.3) is 10.9 Å². The zero-order valence-electron chi connectivity index (χ0n) is 7.51. The van der Waals surface area contributed by atoms with Gasteiger partial charge < -0.3 is 0 Å². The molecule has 1 heterocycles. The highest BCUT2D eigenvalue weighted by Crippen LogP contribution is 2.19. The summed E-state index contributed by atoms with van der Waals surface area (Å²) in [7, 11) is -2.06. The normalized spacial score (nSPS) is 12.1. The SMILES string of the molecule is Cn1nc(S(N)(=O)=O)c2ccccc21. The van der Waals surface area contributed by atoms with E-state index >= 15 is 0 Å². The number of sulfonamides is 1. The first-order valence-corrected chi connectivity index (χ1v) is 5.49. The Morgan fingerprint density at radius 2 is 2.00 bits per heavy atom. The van der Waals surface area contributed by atoms with Gasteiger partial charge in [0.25, 0.3) is 10.0 Å². The lowest BCUT2D eigenvalue weighted by Gasteiger charge is -1.91. The quantitative estimate of drug-likeness (QED) is 0.733. The second-order valence-corrected chi connectivity index (χ2v) is 4.47. The zero-order valence-corrected chi connectivity index (χ0v) is 8.32. The molecule has 14 heavy (non-hydrogen) atoms. The molecular formula is C8H9N3O2S. The van der Waals surface area contributed by atoms with Crippen LogP contribution < -0.4 is 5.14 Å². The molecule has 0 aliphatic heterocycles. The van der Waals surface area contributed by atoms with Crippen molar-refractivity contribution in [1.29, 1.82) is 0 Å². The van der Waals surface area contributed by atoms with Crippen LogP contribution in [-0.4, -0.2) is 18.2 Å². The molecule has 0 radical (unpaired) electrons. The van der Waals surface area contributed by atoms with Gasteiger partial charge in [-0.05, 0) is 12.1 Å². The molecule has 0 unspecified atom stereocenters. The van der Waals surface area contributed by atoms with Crippen molar-refractivity contribution < 1.29 is 8.42 Å². The van der Waals surface area contributed by atoms with Gasteiger partial charge in [0, 0.05) is 12.4 Å². The molecule has 74 valence electrons. The van der Waals surface area contributed by atoms with Crippen LogP contribution in [0.4, 0.5) is 0 Å². The Morgan fingerprint density at radius 3 is 2.64 bits per heavy atom. The lowest BCUT2D eigenvalue weighted by molar-refractivity contribution is 0.591. The van der Waals surface area contributed by atoms with Crippen LogP contribution >= 0.6 is 0 Å². The summed E-state index contributed by atoms with van der Waals surface area (Å²) < 4.78 is 23.8. The maximum atomic E-state index is 11.2. The van der Waals surface area contributed by atoms with Crippen molar-refractivity contribution in [3.8, 4) is 0 Å². The monoisotopic (exact) mass is 211 g/mol. The first-order valence-electron chi connectivity index (χ1n) is 3.94. The highest BCUT2D eigenvalue weighted by atomic mass is 32.2. The third-order valence-electron chi connectivity index (χ3n) is 1.99. The van der Waals surface area contributed by atoms with Crippen LogP contribution in [0.3, 0.4) is 0 Å². The van der Waals surface area contributed by atoms with E-state index in [1.54, 1.807) is 25.2 Å². The van der Waals surface area contributed by atoms with E-state index in [0.717, 1.165) is 5.52 Å². The van der Waals surface area contributed by atoms with Crippen LogP contribution in [0.2, 0.25) is 0 Å². The van der Waals surface area contributed by atoms with E-state index in [2.05, 4.69) is 5.10 Å². The standard InChI is InChI=1S/C8H9N3O2S/c1-11-7-5-3-2-4-6(7)8(10-11)14(9,12)13/h2-5H,1H3,(H2,9,12,13). The molecule has 2 N–H and O–H groups in total. The van der Waals surface area contributed by atoms with Crippen LogP contribution in [0.5, 0.6) is 0 Å². The molecule has 0 amide bonds. The molecule has 0 saturated carbocycles. The molecule has 0 spiro atoms. The first-order chi connectivity index (χ1) is 6.50. The summed E-state index contributed by atoms with van der Waals surface area (Å²) in [5.74, 6) is 0. The zero-order chi connectivity index (χ0) is 10.3. The summed E-state index contributed by atoms with van der Waals surface area (Å²) in [6.45, 7) is 0. The molecule has 0 atom stereocenters. The smallest absolute Gasteiger partial charge is 0.258 e. The van der Waals surface area contributed by atoms with Gasteiger partial charge in [0.15, 0.2) is 5.03 Å². The van der Waals surface area contributed by atoms with Crippen molar-refractivity contribution in [2.45, 2.75) is 5.03 Å². The molecule has 0 saturated heterocycles. The van der Waals surface area contributed by atoms with E-state index in [1.165, 1.54) is 4.68 Å². The Hall–Kier alpha value is -1.40. The molecule has 5 nitrogen and oxygen atoms in total. The number of nitrogens with two attached hydrogens (primary N) is 1. The number of fused-ring (bicyclic) bond motifs is 1. The summed E-state index contributed by atoms with van der Waals surface area (Å²) in [6, 6.07) is 7.04. The fraction of sp³-hybridized carbons (Fsp3) is 0.125. The van der Waals surface area contributed by atoms with Gasteiger partial charge in [0.2, 0.25) is 0 Å². The number of para-hydroxylation sites is 1. The number of aryl methyl sites for hydroxylation is 1. The first kappa shape index (κ1) is 9.17. The second-order valence-electron chi connectivity index (χ2n) is 2.99. The van der Waals surface area contributed by atoms with E-state index in [1.807, 2.05) is 6.07 Å². The number of rotatable bonds is 1. The summed E-state index contributed by atoms with van der Waals surface area (Å²) in [5, 5.41) is 9.38. The predicted octanol–water partition coefficient (Wildman–Crippen LogP) is 0.221. The largest absolute Gasteiger partial charge is 0.267 e. The van der Waals surface area contributed by atoms with Crippen molar-refractivity contribution in [2.24, 2.45) is 12.2 Å². The number of aromatic nitrogens is 2. The van der Waals surface area contributed by atoms with Crippen LogP contribution in [0.15, 0.2) is 29.3 Å². The maximum Gasteiger partial charge on any atom is 0.258 e. The minimum Gasteiger partial charge on any atom is -0.267 e. The van der Waals surface area contributed by atoms with Crippen molar-refractivity contribution in [1.82, 2.24) is 9.78 Å². The third kappa shape index (κ3) is 1.28. The van der Waals surface area contributed by atoms with E-state index in [0.29, 0.717) is 5.39 Å². The molecular weight excluding hydrogens is 202 g/mol. The van der Waals surface area contributed by atoms with Crippen molar-refractivity contribution in [3.63, 3.8) is 0 Å². The van der Waals surface area contributed by atoms with Gasteiger partial charge in [0.05, 0.1) is 5.52 Å². The van der Waals surface area contributed by atoms with Crippen LogP contribution in [0, 0.1) is 0 Å². The highest BCUT2D eigenvalue weighted by Gasteiger charge is 2.17. The topological polar surface area (TPSA) is 78.0 Å². The van der Waals surface area contributed by atoms with Crippen molar-refractivity contribution >= 4 is 20.9 Å². The lowest BCUT2D eigenvalue weighted by Crippen LogP contribution is -2.13. The van der Waals surface area contributed by atoms with Gasteiger partial charge in [-0.3, -0.25) is 4.68 Å². The molecule has 2 rings (SSSR count). The number of hydrogen-bond donors (Lipinski definition) is 1. The van der Waals surface area contributed by atoms with Gasteiger partial charge in [-0.25, -0.2) is 13.6 Å². The molecule has 0 fully saturated rings. The van der Waals surface area contributed by atoms with E-state index in [4.69, 9.17) is 5.14 Å². The average molecular weight is 211 g/mol. The number of hydrogen-bond acceptors (Lipinski definition) is 3. The fourth-order valence-corrected chi connectivity index (χ4v) is 2.11. The van der Waals surface area contributed by atoms with E-state index < -0.39 is 10.0 Å².